The first kappa shape index (κ1) is 11.7. The highest BCUT2D eigenvalue weighted by molar-refractivity contribution is 5.52. The molecule has 1 N–H and O–H groups in total. The lowest BCUT2D eigenvalue weighted by Gasteiger charge is -2.23. The third kappa shape index (κ3) is 2.17. The summed E-state index contributed by atoms with van der Waals surface area (Å²) in [6, 6.07) is 16.6. The fraction of sp³-hybridized carbons (Fsp3) is 0.188. The molecule has 0 heterocycles. The highest BCUT2D eigenvalue weighted by Crippen LogP contribution is 2.32. The monoisotopic (exact) mass is 252 g/mol. The second kappa shape index (κ2) is 4.40. The van der Waals surface area contributed by atoms with E-state index in [2.05, 4.69) is 23.5 Å². The van der Waals surface area contributed by atoms with E-state index in [0.717, 1.165) is 5.69 Å². The van der Waals surface area contributed by atoms with E-state index in [1.165, 1.54) is 23.3 Å². The SMILES string of the molecule is N#CC1(Nc2ccc(F)cc2)Cc2ccccc2C1. The molecule has 0 spiro atoms. The summed E-state index contributed by atoms with van der Waals surface area (Å²) in [4.78, 5) is 0. The van der Waals surface area contributed by atoms with Gasteiger partial charge in [-0.3, -0.25) is 0 Å². The van der Waals surface area contributed by atoms with E-state index in [0.29, 0.717) is 12.8 Å². The van der Waals surface area contributed by atoms with Gasteiger partial charge in [-0.2, -0.15) is 5.26 Å². The van der Waals surface area contributed by atoms with Crippen LogP contribution in [0, 0.1) is 17.1 Å². The highest BCUT2D eigenvalue weighted by Gasteiger charge is 2.37. The molecule has 2 aromatic rings. The molecule has 0 fully saturated rings. The summed E-state index contributed by atoms with van der Waals surface area (Å²) < 4.78 is 12.9. The predicted molar refractivity (Wildman–Crippen MR) is 72.2 cm³/mol. The van der Waals surface area contributed by atoms with Gasteiger partial charge < -0.3 is 5.32 Å². The molecule has 0 saturated heterocycles. The minimum absolute atomic E-state index is 0.272. The van der Waals surface area contributed by atoms with Crippen molar-refractivity contribution in [3.63, 3.8) is 0 Å². The molecule has 2 aromatic carbocycles. The van der Waals surface area contributed by atoms with Crippen molar-refractivity contribution in [2.75, 3.05) is 5.32 Å². The van der Waals surface area contributed by atoms with Crippen LogP contribution >= 0.6 is 0 Å². The van der Waals surface area contributed by atoms with Crippen molar-refractivity contribution in [1.29, 1.82) is 5.26 Å². The Morgan fingerprint density at radius 1 is 1.00 bits per heavy atom. The molecule has 0 aromatic heterocycles. The summed E-state index contributed by atoms with van der Waals surface area (Å²) in [6.07, 6.45) is 1.36. The molecule has 2 nitrogen and oxygen atoms in total. The third-order valence-corrected chi connectivity index (χ3v) is 3.54. The second-order valence-corrected chi connectivity index (χ2v) is 4.95. The number of hydrogen-bond donors (Lipinski definition) is 1. The van der Waals surface area contributed by atoms with E-state index in [1.807, 2.05) is 12.1 Å². The maximum absolute atomic E-state index is 12.9. The first-order chi connectivity index (χ1) is 9.21. The Morgan fingerprint density at radius 2 is 1.58 bits per heavy atom. The van der Waals surface area contributed by atoms with Gasteiger partial charge in [0.05, 0.1) is 6.07 Å². The van der Waals surface area contributed by atoms with Crippen LogP contribution in [0.4, 0.5) is 10.1 Å². The molecule has 3 rings (SSSR count). The molecular weight excluding hydrogens is 239 g/mol. The van der Waals surface area contributed by atoms with Crippen molar-refractivity contribution in [1.82, 2.24) is 0 Å². The van der Waals surface area contributed by atoms with E-state index in [-0.39, 0.29) is 5.82 Å². The van der Waals surface area contributed by atoms with Crippen LogP contribution in [0.3, 0.4) is 0 Å². The van der Waals surface area contributed by atoms with Crippen molar-refractivity contribution in [3.8, 4) is 6.07 Å². The normalized spacial score (nSPS) is 15.6. The van der Waals surface area contributed by atoms with Crippen molar-refractivity contribution in [2.24, 2.45) is 0 Å². The zero-order chi connectivity index (χ0) is 13.3. The van der Waals surface area contributed by atoms with Crippen LogP contribution in [0.15, 0.2) is 48.5 Å². The Morgan fingerprint density at radius 3 is 2.11 bits per heavy atom. The van der Waals surface area contributed by atoms with Gasteiger partial charge in [0.1, 0.15) is 11.4 Å². The van der Waals surface area contributed by atoms with Gasteiger partial charge in [0.2, 0.25) is 0 Å². The second-order valence-electron chi connectivity index (χ2n) is 4.95. The molecule has 0 radical (unpaired) electrons. The van der Waals surface area contributed by atoms with E-state index in [1.54, 1.807) is 12.1 Å². The number of nitriles is 1. The van der Waals surface area contributed by atoms with Crippen molar-refractivity contribution < 1.29 is 4.39 Å². The van der Waals surface area contributed by atoms with Crippen molar-refractivity contribution in [3.05, 3.63) is 65.5 Å². The van der Waals surface area contributed by atoms with Gasteiger partial charge in [-0.15, -0.1) is 0 Å². The topological polar surface area (TPSA) is 35.8 Å². The van der Waals surface area contributed by atoms with E-state index < -0.39 is 5.54 Å². The Balaban J connectivity index is 1.87. The zero-order valence-corrected chi connectivity index (χ0v) is 10.4. The summed E-state index contributed by atoms with van der Waals surface area (Å²) in [5.74, 6) is -0.272. The minimum Gasteiger partial charge on any atom is -0.367 e. The lowest BCUT2D eigenvalue weighted by atomic mass is 9.97. The molecule has 3 heteroatoms. The molecule has 0 amide bonds. The number of benzene rings is 2. The van der Waals surface area contributed by atoms with Gasteiger partial charge >= 0.3 is 0 Å². The fourth-order valence-electron chi connectivity index (χ4n) is 2.62. The van der Waals surface area contributed by atoms with Gasteiger partial charge in [0, 0.05) is 18.5 Å². The van der Waals surface area contributed by atoms with Gasteiger partial charge in [0.25, 0.3) is 0 Å². The molecule has 0 aliphatic heterocycles. The first-order valence-corrected chi connectivity index (χ1v) is 6.23. The maximum Gasteiger partial charge on any atom is 0.133 e. The molecule has 0 atom stereocenters. The van der Waals surface area contributed by atoms with Gasteiger partial charge in [-0.25, -0.2) is 4.39 Å². The van der Waals surface area contributed by atoms with Crippen LogP contribution in [-0.2, 0) is 12.8 Å². The van der Waals surface area contributed by atoms with E-state index in [9.17, 15) is 9.65 Å². The van der Waals surface area contributed by atoms with Crippen LogP contribution in [0.1, 0.15) is 11.1 Å². The number of halogens is 1. The predicted octanol–water partition coefficient (Wildman–Crippen LogP) is 3.30. The number of rotatable bonds is 2. The quantitative estimate of drug-likeness (QED) is 0.890. The number of anilines is 1. The number of nitrogens with one attached hydrogen (secondary N) is 1. The Hall–Kier alpha value is -2.34. The highest BCUT2D eigenvalue weighted by atomic mass is 19.1. The number of nitrogens with zero attached hydrogens (tertiary/aromatic N) is 1. The fourth-order valence-corrected chi connectivity index (χ4v) is 2.62. The summed E-state index contributed by atoms with van der Waals surface area (Å²) in [7, 11) is 0. The summed E-state index contributed by atoms with van der Waals surface area (Å²) >= 11 is 0. The molecule has 19 heavy (non-hydrogen) atoms. The first-order valence-electron chi connectivity index (χ1n) is 6.23. The van der Waals surface area contributed by atoms with Crippen LogP contribution in [0.25, 0.3) is 0 Å². The average molecular weight is 252 g/mol. The zero-order valence-electron chi connectivity index (χ0n) is 10.4. The van der Waals surface area contributed by atoms with Crippen LogP contribution in [-0.4, -0.2) is 5.54 Å². The lowest BCUT2D eigenvalue weighted by molar-refractivity contribution is 0.620. The average Bonchev–Trinajstić information content (AvgIpc) is 2.80. The Labute approximate surface area is 111 Å². The van der Waals surface area contributed by atoms with Crippen molar-refractivity contribution >= 4 is 5.69 Å². The van der Waals surface area contributed by atoms with E-state index >= 15 is 0 Å². The minimum atomic E-state index is -0.623. The Bertz CT molecular complexity index is 616. The number of fused-ring (bicyclic) bond motifs is 1. The summed E-state index contributed by atoms with van der Waals surface area (Å²) in [5, 5.41) is 12.8. The standard InChI is InChI=1S/C16H13FN2/c17-14-5-7-15(8-6-14)19-16(11-18)9-12-3-1-2-4-13(12)10-16/h1-8,19H,9-10H2. The molecule has 1 aliphatic rings. The molecule has 1 aliphatic carbocycles. The summed E-state index contributed by atoms with van der Waals surface area (Å²) in [6.45, 7) is 0. The molecule has 0 bridgehead atoms. The largest absolute Gasteiger partial charge is 0.367 e. The summed E-state index contributed by atoms with van der Waals surface area (Å²) in [5.41, 5.74) is 2.56. The van der Waals surface area contributed by atoms with Crippen LogP contribution in [0.2, 0.25) is 0 Å². The van der Waals surface area contributed by atoms with E-state index in [4.69, 9.17) is 0 Å². The molecule has 94 valence electrons. The molecular formula is C16H13FN2. The molecule has 0 unspecified atom stereocenters. The number of hydrogen-bond acceptors (Lipinski definition) is 2. The molecule has 0 saturated carbocycles. The Kier molecular flexibility index (Phi) is 2.72. The van der Waals surface area contributed by atoms with Gasteiger partial charge in [0.15, 0.2) is 0 Å². The van der Waals surface area contributed by atoms with Crippen LogP contribution < -0.4 is 5.32 Å². The van der Waals surface area contributed by atoms with Crippen LogP contribution in [0.5, 0.6) is 0 Å². The van der Waals surface area contributed by atoms with Gasteiger partial charge in [-0.1, -0.05) is 24.3 Å². The smallest absolute Gasteiger partial charge is 0.133 e. The maximum atomic E-state index is 12.9. The lowest BCUT2D eigenvalue weighted by Crippen LogP contribution is -2.37. The third-order valence-electron chi connectivity index (χ3n) is 3.54. The van der Waals surface area contributed by atoms with Crippen molar-refractivity contribution in [2.45, 2.75) is 18.4 Å². The van der Waals surface area contributed by atoms with Gasteiger partial charge in [-0.05, 0) is 35.4 Å².